The van der Waals surface area contributed by atoms with Crippen molar-refractivity contribution < 1.29 is 13.2 Å². The molecular weight excluding hydrogens is 414 g/mol. The summed E-state index contributed by atoms with van der Waals surface area (Å²) < 4.78 is 33.8. The summed E-state index contributed by atoms with van der Waals surface area (Å²) >= 11 is 0. The van der Waals surface area contributed by atoms with Crippen LogP contribution in [0.15, 0.2) is 53.8 Å². The number of ether oxygens (including phenoxy) is 1. The first kappa shape index (κ1) is 20.2. The maximum absolute atomic E-state index is 13.5. The Hall–Kier alpha value is -2.75. The number of hydrogen-bond donors (Lipinski definition) is 1. The first-order chi connectivity index (χ1) is 15.1. The number of pyridine rings is 2. The molecule has 0 spiro atoms. The molecule has 5 rings (SSSR count). The van der Waals surface area contributed by atoms with Gasteiger partial charge in [-0.2, -0.15) is 0 Å². The van der Waals surface area contributed by atoms with Gasteiger partial charge < -0.3 is 15.0 Å². The van der Waals surface area contributed by atoms with Crippen molar-refractivity contribution in [1.29, 1.82) is 0 Å². The smallest absolute Gasteiger partial charge is 0.269 e. The third-order valence-electron chi connectivity index (χ3n) is 6.02. The van der Waals surface area contributed by atoms with Gasteiger partial charge in [-0.05, 0) is 49.2 Å². The molecule has 1 N–H and O–H groups in total. The molecule has 3 aromatic rings. The lowest BCUT2D eigenvalue weighted by Gasteiger charge is -2.17. The molecular formula is C22H25N5O3S. The zero-order valence-corrected chi connectivity index (χ0v) is 18.2. The van der Waals surface area contributed by atoms with Crippen molar-refractivity contribution in [3.05, 3.63) is 54.5 Å². The Morgan fingerprint density at radius 1 is 1.23 bits per heavy atom. The molecule has 8 nitrogen and oxygen atoms in total. The fourth-order valence-corrected chi connectivity index (χ4v) is 5.59. The van der Waals surface area contributed by atoms with Crippen LogP contribution in [0.2, 0.25) is 0 Å². The van der Waals surface area contributed by atoms with Gasteiger partial charge in [0.05, 0.1) is 17.1 Å². The Labute approximate surface area is 181 Å². The lowest BCUT2D eigenvalue weighted by Crippen LogP contribution is -2.23. The molecule has 3 aromatic heterocycles. The van der Waals surface area contributed by atoms with Crippen LogP contribution in [0.25, 0.3) is 16.6 Å². The van der Waals surface area contributed by atoms with Crippen LogP contribution in [0.3, 0.4) is 0 Å². The average molecular weight is 440 g/mol. The Morgan fingerprint density at radius 3 is 2.84 bits per heavy atom. The molecule has 2 aliphatic rings. The van der Waals surface area contributed by atoms with Crippen molar-refractivity contribution in [2.45, 2.75) is 23.8 Å². The highest BCUT2D eigenvalue weighted by molar-refractivity contribution is 7.90. The fourth-order valence-electron chi connectivity index (χ4n) is 4.29. The minimum Gasteiger partial charge on any atom is -0.380 e. The van der Waals surface area contributed by atoms with Gasteiger partial charge in [-0.15, -0.1) is 0 Å². The van der Waals surface area contributed by atoms with Crippen LogP contribution in [-0.2, 0) is 14.8 Å². The van der Waals surface area contributed by atoms with Gasteiger partial charge in [-0.25, -0.2) is 17.4 Å². The number of nitrogens with zero attached hydrogens (tertiary/aromatic N) is 4. The number of fused-ring (bicyclic) bond motifs is 1. The van der Waals surface area contributed by atoms with Gasteiger partial charge in [-0.1, -0.05) is 6.08 Å². The summed E-state index contributed by atoms with van der Waals surface area (Å²) in [6, 6.07) is 6.95. The Kier molecular flexibility index (Phi) is 5.25. The number of hydrogen-bond acceptors (Lipinski definition) is 7. The zero-order valence-electron chi connectivity index (χ0n) is 17.4. The van der Waals surface area contributed by atoms with Gasteiger partial charge in [0.2, 0.25) is 0 Å². The molecule has 2 aliphatic heterocycles. The SMILES string of the molecule is COC1CCN(c2ccc(S(=O)(=O)n3cc(C4=CCNCC4)c4ncccc43)cn2)C1. The highest BCUT2D eigenvalue weighted by Crippen LogP contribution is 2.31. The van der Waals surface area contributed by atoms with E-state index in [0.717, 1.165) is 56.0 Å². The predicted molar refractivity (Wildman–Crippen MR) is 120 cm³/mol. The van der Waals surface area contributed by atoms with E-state index in [1.54, 1.807) is 43.8 Å². The second kappa shape index (κ2) is 8.07. The number of anilines is 1. The van der Waals surface area contributed by atoms with Crippen LogP contribution in [0.1, 0.15) is 18.4 Å². The fraction of sp³-hybridized carbons (Fsp3) is 0.364. The first-order valence-electron chi connectivity index (χ1n) is 10.4. The van der Waals surface area contributed by atoms with Gasteiger partial charge in [0.1, 0.15) is 10.7 Å². The van der Waals surface area contributed by atoms with E-state index in [2.05, 4.69) is 26.3 Å². The normalized spacial score (nSPS) is 19.7. The molecule has 1 fully saturated rings. The molecule has 31 heavy (non-hydrogen) atoms. The van der Waals surface area contributed by atoms with Crippen LogP contribution < -0.4 is 10.2 Å². The molecule has 0 bridgehead atoms. The standard InChI is InChI=1S/C22H25N5O3S/c1-30-17-8-12-26(14-17)21-5-4-18(13-25-21)31(28,29)27-15-19(16-6-10-23-11-7-16)22-20(27)3-2-9-24-22/h2-6,9,13,15,17,23H,7-8,10-12,14H2,1H3. The summed E-state index contributed by atoms with van der Waals surface area (Å²) in [5.41, 5.74) is 3.26. The quantitative estimate of drug-likeness (QED) is 0.652. The van der Waals surface area contributed by atoms with Crippen LogP contribution in [-0.4, -0.2) is 61.8 Å². The van der Waals surface area contributed by atoms with Gasteiger partial charge in [0.15, 0.2) is 0 Å². The highest BCUT2D eigenvalue weighted by atomic mass is 32.2. The van der Waals surface area contributed by atoms with Crippen molar-refractivity contribution >= 4 is 32.4 Å². The number of methoxy groups -OCH3 is 1. The second-order valence-electron chi connectivity index (χ2n) is 7.84. The van der Waals surface area contributed by atoms with Crippen LogP contribution >= 0.6 is 0 Å². The summed E-state index contributed by atoms with van der Waals surface area (Å²) in [5.74, 6) is 0.762. The van der Waals surface area contributed by atoms with Crippen molar-refractivity contribution in [3.63, 3.8) is 0 Å². The third kappa shape index (κ3) is 3.62. The summed E-state index contributed by atoms with van der Waals surface area (Å²) in [7, 11) is -2.10. The zero-order chi connectivity index (χ0) is 21.4. The Morgan fingerprint density at radius 2 is 2.13 bits per heavy atom. The molecule has 1 saturated heterocycles. The first-order valence-corrected chi connectivity index (χ1v) is 11.9. The lowest BCUT2D eigenvalue weighted by atomic mass is 10.0. The van der Waals surface area contributed by atoms with E-state index in [-0.39, 0.29) is 11.0 Å². The molecule has 9 heteroatoms. The van der Waals surface area contributed by atoms with Crippen LogP contribution in [0, 0.1) is 0 Å². The number of aromatic nitrogens is 3. The van der Waals surface area contributed by atoms with Crippen molar-refractivity contribution in [2.24, 2.45) is 0 Å². The lowest BCUT2D eigenvalue weighted by molar-refractivity contribution is 0.121. The van der Waals surface area contributed by atoms with E-state index in [1.807, 2.05) is 0 Å². The average Bonchev–Trinajstić information content (AvgIpc) is 3.45. The molecule has 162 valence electrons. The van der Waals surface area contributed by atoms with Crippen molar-refractivity contribution in [2.75, 3.05) is 38.2 Å². The van der Waals surface area contributed by atoms with E-state index >= 15 is 0 Å². The van der Waals surface area contributed by atoms with E-state index in [4.69, 9.17) is 4.74 Å². The summed E-state index contributed by atoms with van der Waals surface area (Å²) in [5, 5.41) is 3.29. The monoisotopic (exact) mass is 439 g/mol. The van der Waals surface area contributed by atoms with Crippen LogP contribution in [0.5, 0.6) is 0 Å². The van der Waals surface area contributed by atoms with Gasteiger partial charge >= 0.3 is 0 Å². The van der Waals surface area contributed by atoms with Gasteiger partial charge in [-0.3, -0.25) is 4.98 Å². The topological polar surface area (TPSA) is 89.4 Å². The second-order valence-corrected chi connectivity index (χ2v) is 9.66. The van der Waals surface area contributed by atoms with E-state index in [9.17, 15) is 8.42 Å². The van der Waals surface area contributed by atoms with E-state index < -0.39 is 10.0 Å². The third-order valence-corrected chi connectivity index (χ3v) is 7.67. The molecule has 0 amide bonds. The minimum atomic E-state index is -3.81. The van der Waals surface area contributed by atoms with E-state index in [0.29, 0.717) is 11.0 Å². The Balaban J connectivity index is 1.52. The maximum Gasteiger partial charge on any atom is 0.269 e. The Bertz CT molecular complexity index is 1230. The van der Waals surface area contributed by atoms with Crippen molar-refractivity contribution in [3.8, 4) is 0 Å². The number of rotatable bonds is 5. The molecule has 1 unspecified atom stereocenters. The number of nitrogens with one attached hydrogen (secondary N) is 1. The maximum atomic E-state index is 13.5. The molecule has 0 radical (unpaired) electrons. The van der Waals surface area contributed by atoms with Crippen molar-refractivity contribution in [1.82, 2.24) is 19.3 Å². The highest BCUT2D eigenvalue weighted by Gasteiger charge is 2.26. The summed E-state index contributed by atoms with van der Waals surface area (Å²) in [4.78, 5) is 11.2. The van der Waals surface area contributed by atoms with Crippen LogP contribution in [0.4, 0.5) is 5.82 Å². The predicted octanol–water partition coefficient (Wildman–Crippen LogP) is 2.27. The largest absolute Gasteiger partial charge is 0.380 e. The summed E-state index contributed by atoms with van der Waals surface area (Å²) in [6.45, 7) is 3.24. The minimum absolute atomic E-state index is 0.158. The van der Waals surface area contributed by atoms with Gasteiger partial charge in [0.25, 0.3) is 10.0 Å². The van der Waals surface area contributed by atoms with E-state index in [1.165, 1.54) is 10.2 Å². The molecule has 0 aromatic carbocycles. The van der Waals surface area contributed by atoms with Gasteiger partial charge in [0, 0.05) is 50.9 Å². The molecule has 5 heterocycles. The molecule has 0 aliphatic carbocycles. The summed E-state index contributed by atoms with van der Waals surface area (Å²) in [6.07, 6.45) is 8.90. The molecule has 0 saturated carbocycles. The molecule has 1 atom stereocenters.